The summed E-state index contributed by atoms with van der Waals surface area (Å²) < 4.78 is 0. The molecular weight excluding hydrogens is 368 g/mol. The van der Waals surface area contributed by atoms with Gasteiger partial charge in [0.25, 0.3) is 5.91 Å². The van der Waals surface area contributed by atoms with E-state index in [2.05, 4.69) is 10.3 Å². The van der Waals surface area contributed by atoms with E-state index in [1.807, 2.05) is 11.8 Å². The maximum Gasteiger partial charge on any atom is 0.257 e. The molecule has 1 atom stereocenters. The molecule has 0 spiro atoms. The van der Waals surface area contributed by atoms with Crippen LogP contribution in [0.15, 0.2) is 42.6 Å². The maximum absolute atomic E-state index is 12.5. The van der Waals surface area contributed by atoms with E-state index in [0.717, 1.165) is 0 Å². The Bertz CT molecular complexity index is 820. The lowest BCUT2D eigenvalue weighted by molar-refractivity contribution is -0.121. The van der Waals surface area contributed by atoms with E-state index in [9.17, 15) is 14.7 Å². The topological polar surface area (TPSA) is 85.8 Å². The minimum Gasteiger partial charge on any atom is -0.507 e. The maximum atomic E-state index is 12.5. The van der Waals surface area contributed by atoms with Crippen LogP contribution in [0.2, 0.25) is 5.02 Å². The second-order valence-electron chi connectivity index (χ2n) is 6.37. The average Bonchev–Trinajstić information content (AvgIpc) is 2.69. The molecule has 0 saturated carbocycles. The SMILES string of the molecule is C[C@H](C(=O)Nc1ccc(Cl)cn1)N1CCN(C(=O)c2ccccc2O)CC1. The van der Waals surface area contributed by atoms with Gasteiger partial charge in [-0.1, -0.05) is 23.7 Å². The van der Waals surface area contributed by atoms with E-state index in [-0.39, 0.29) is 23.6 Å². The lowest BCUT2D eigenvalue weighted by Gasteiger charge is -2.37. The molecule has 7 nitrogen and oxygen atoms in total. The second kappa shape index (κ2) is 8.37. The lowest BCUT2D eigenvalue weighted by atomic mass is 10.1. The van der Waals surface area contributed by atoms with E-state index < -0.39 is 0 Å². The molecule has 0 bridgehead atoms. The third-order valence-corrected chi connectivity index (χ3v) is 4.87. The van der Waals surface area contributed by atoms with Crippen molar-refractivity contribution in [3.8, 4) is 5.75 Å². The number of nitrogens with one attached hydrogen (secondary N) is 1. The minimum atomic E-state index is -0.357. The van der Waals surface area contributed by atoms with Gasteiger partial charge in [-0.25, -0.2) is 4.98 Å². The summed E-state index contributed by atoms with van der Waals surface area (Å²) in [5.74, 6) is 0.0679. The summed E-state index contributed by atoms with van der Waals surface area (Å²) in [7, 11) is 0. The van der Waals surface area contributed by atoms with Crippen molar-refractivity contribution in [3.05, 3.63) is 53.2 Å². The molecule has 2 aromatic rings. The Hall–Kier alpha value is -2.64. The molecular formula is C19H21ClN4O3. The van der Waals surface area contributed by atoms with Crippen LogP contribution in [0.4, 0.5) is 5.82 Å². The van der Waals surface area contributed by atoms with Crippen LogP contribution in [0.3, 0.4) is 0 Å². The zero-order valence-corrected chi connectivity index (χ0v) is 15.7. The number of halogens is 1. The molecule has 1 aliphatic rings. The van der Waals surface area contributed by atoms with Gasteiger partial charge in [0.2, 0.25) is 5.91 Å². The van der Waals surface area contributed by atoms with Crippen LogP contribution in [-0.2, 0) is 4.79 Å². The Kier molecular flexibility index (Phi) is 5.93. The molecule has 1 aliphatic heterocycles. The van der Waals surface area contributed by atoms with E-state index >= 15 is 0 Å². The number of benzene rings is 1. The molecule has 1 fully saturated rings. The number of pyridine rings is 1. The highest BCUT2D eigenvalue weighted by Gasteiger charge is 2.28. The molecule has 1 aromatic heterocycles. The van der Waals surface area contributed by atoms with Crippen LogP contribution in [0, 0.1) is 0 Å². The number of carbonyl (C=O) groups excluding carboxylic acids is 2. The number of amides is 2. The quantitative estimate of drug-likeness (QED) is 0.838. The van der Waals surface area contributed by atoms with Crippen molar-refractivity contribution < 1.29 is 14.7 Å². The van der Waals surface area contributed by atoms with Gasteiger partial charge in [0.15, 0.2) is 0 Å². The summed E-state index contributed by atoms with van der Waals surface area (Å²) in [5, 5.41) is 13.1. The zero-order valence-electron chi connectivity index (χ0n) is 14.9. The van der Waals surface area contributed by atoms with Gasteiger partial charge in [0, 0.05) is 32.4 Å². The van der Waals surface area contributed by atoms with Crippen LogP contribution < -0.4 is 5.32 Å². The monoisotopic (exact) mass is 388 g/mol. The first-order valence-electron chi connectivity index (χ1n) is 8.69. The van der Waals surface area contributed by atoms with Crippen molar-refractivity contribution in [3.63, 3.8) is 0 Å². The normalized spacial score (nSPS) is 16.0. The molecule has 142 valence electrons. The van der Waals surface area contributed by atoms with Gasteiger partial charge >= 0.3 is 0 Å². The highest BCUT2D eigenvalue weighted by Crippen LogP contribution is 2.19. The third kappa shape index (κ3) is 4.56. The standard InChI is InChI=1S/C19H21ClN4O3/c1-13(18(26)22-17-7-6-14(20)12-21-17)23-8-10-24(11-9-23)19(27)15-4-2-3-5-16(15)25/h2-7,12-13,25H,8-11H2,1H3,(H,21,22,26)/t13-/m1/s1. The van der Waals surface area contributed by atoms with Gasteiger partial charge < -0.3 is 15.3 Å². The highest BCUT2D eigenvalue weighted by molar-refractivity contribution is 6.30. The largest absolute Gasteiger partial charge is 0.507 e. The van der Waals surface area contributed by atoms with Crippen LogP contribution in [0.1, 0.15) is 17.3 Å². The first-order chi connectivity index (χ1) is 13.0. The molecule has 1 aromatic carbocycles. The predicted octanol–water partition coefficient (Wildman–Crippen LogP) is 2.23. The van der Waals surface area contributed by atoms with E-state index in [4.69, 9.17) is 11.6 Å². The van der Waals surface area contributed by atoms with Crippen molar-refractivity contribution in [2.24, 2.45) is 0 Å². The number of aromatic nitrogens is 1. The van der Waals surface area contributed by atoms with Gasteiger partial charge in [-0.2, -0.15) is 0 Å². The van der Waals surface area contributed by atoms with E-state index in [1.165, 1.54) is 12.3 Å². The number of para-hydroxylation sites is 1. The number of hydrogen-bond acceptors (Lipinski definition) is 5. The fourth-order valence-electron chi connectivity index (χ4n) is 2.98. The number of rotatable bonds is 4. The number of aromatic hydroxyl groups is 1. The molecule has 3 rings (SSSR count). The van der Waals surface area contributed by atoms with Crippen LogP contribution in [0.5, 0.6) is 5.75 Å². The van der Waals surface area contributed by atoms with Crippen molar-refractivity contribution >= 4 is 29.2 Å². The molecule has 0 radical (unpaired) electrons. The highest BCUT2D eigenvalue weighted by atomic mass is 35.5. The Morgan fingerprint density at radius 3 is 2.48 bits per heavy atom. The van der Waals surface area contributed by atoms with Crippen molar-refractivity contribution in [2.45, 2.75) is 13.0 Å². The summed E-state index contributed by atoms with van der Waals surface area (Å²) in [6.45, 7) is 3.95. The van der Waals surface area contributed by atoms with Gasteiger partial charge in [-0.3, -0.25) is 14.5 Å². The number of phenols is 1. The molecule has 2 N–H and O–H groups in total. The van der Waals surface area contributed by atoms with Crippen LogP contribution in [0.25, 0.3) is 0 Å². The Balaban J connectivity index is 1.55. The fraction of sp³-hybridized carbons (Fsp3) is 0.316. The van der Waals surface area contributed by atoms with E-state index in [0.29, 0.717) is 42.6 Å². The smallest absolute Gasteiger partial charge is 0.257 e. The van der Waals surface area contributed by atoms with Crippen LogP contribution in [-0.4, -0.2) is 63.9 Å². The molecule has 2 heterocycles. The summed E-state index contributed by atoms with van der Waals surface area (Å²) in [5.41, 5.74) is 0.297. The summed E-state index contributed by atoms with van der Waals surface area (Å²) in [4.78, 5) is 32.8. The number of carbonyl (C=O) groups is 2. The molecule has 0 unspecified atom stereocenters. The van der Waals surface area contributed by atoms with Gasteiger partial charge in [0.1, 0.15) is 11.6 Å². The van der Waals surface area contributed by atoms with Crippen molar-refractivity contribution in [1.82, 2.24) is 14.8 Å². The minimum absolute atomic E-state index is 0.0202. The van der Waals surface area contributed by atoms with Crippen molar-refractivity contribution in [2.75, 3.05) is 31.5 Å². The summed E-state index contributed by atoms with van der Waals surface area (Å²) in [6, 6.07) is 9.47. The fourth-order valence-corrected chi connectivity index (χ4v) is 3.10. The first-order valence-corrected chi connectivity index (χ1v) is 9.07. The Morgan fingerprint density at radius 1 is 1.15 bits per heavy atom. The number of nitrogens with zero attached hydrogens (tertiary/aromatic N) is 3. The van der Waals surface area contributed by atoms with Gasteiger partial charge in [-0.05, 0) is 31.2 Å². The predicted molar refractivity (Wildman–Crippen MR) is 103 cm³/mol. The molecule has 2 amide bonds. The Labute approximate surface area is 162 Å². The van der Waals surface area contributed by atoms with Crippen molar-refractivity contribution in [1.29, 1.82) is 0 Å². The second-order valence-corrected chi connectivity index (χ2v) is 6.81. The zero-order chi connectivity index (χ0) is 19.4. The first kappa shape index (κ1) is 19.1. The third-order valence-electron chi connectivity index (χ3n) is 4.64. The summed E-state index contributed by atoms with van der Waals surface area (Å²) >= 11 is 5.79. The average molecular weight is 389 g/mol. The number of phenolic OH excluding ortho intramolecular Hbond substituents is 1. The lowest BCUT2D eigenvalue weighted by Crippen LogP contribution is -2.54. The van der Waals surface area contributed by atoms with E-state index in [1.54, 1.807) is 35.2 Å². The molecule has 0 aliphatic carbocycles. The number of hydrogen-bond donors (Lipinski definition) is 2. The molecule has 27 heavy (non-hydrogen) atoms. The van der Waals surface area contributed by atoms with Gasteiger partial charge in [-0.15, -0.1) is 0 Å². The summed E-state index contributed by atoms with van der Waals surface area (Å²) in [6.07, 6.45) is 1.48. The number of piperazine rings is 1. The molecule has 1 saturated heterocycles. The Morgan fingerprint density at radius 2 is 1.85 bits per heavy atom. The molecule has 8 heteroatoms. The van der Waals surface area contributed by atoms with Gasteiger partial charge in [0.05, 0.1) is 16.6 Å². The van der Waals surface area contributed by atoms with Crippen LogP contribution >= 0.6 is 11.6 Å². The number of anilines is 1.